The van der Waals surface area contributed by atoms with Crippen molar-refractivity contribution in [2.45, 2.75) is 58.4 Å². The Morgan fingerprint density at radius 1 is 1.19 bits per heavy atom. The maximum absolute atomic E-state index is 12.3. The first-order valence-corrected chi connectivity index (χ1v) is 10.4. The fourth-order valence-corrected chi connectivity index (χ4v) is 4.89. The summed E-state index contributed by atoms with van der Waals surface area (Å²) in [6, 6.07) is 10.5. The first-order valence-electron chi connectivity index (χ1n) is 9.61. The highest BCUT2D eigenvalue weighted by Gasteiger charge is 2.29. The topological polar surface area (TPSA) is 57.6 Å². The van der Waals surface area contributed by atoms with Crippen molar-refractivity contribution in [1.82, 2.24) is 4.90 Å². The summed E-state index contributed by atoms with van der Waals surface area (Å²) in [6.45, 7) is 5.01. The van der Waals surface area contributed by atoms with Crippen molar-refractivity contribution >= 4 is 23.2 Å². The summed E-state index contributed by atoms with van der Waals surface area (Å²) < 4.78 is 0. The lowest BCUT2D eigenvalue weighted by atomic mass is 10.0. The molecule has 1 saturated heterocycles. The summed E-state index contributed by atoms with van der Waals surface area (Å²) in [7, 11) is 0. The van der Waals surface area contributed by atoms with Gasteiger partial charge in [-0.15, -0.1) is 11.3 Å². The third kappa shape index (κ3) is 5.19. The average molecular weight is 386 g/mol. The number of carbonyl (C=O) groups excluding carboxylic acids is 1. The predicted molar refractivity (Wildman–Crippen MR) is 109 cm³/mol. The second kappa shape index (κ2) is 8.70. The highest BCUT2D eigenvalue weighted by molar-refractivity contribution is 7.13. The summed E-state index contributed by atoms with van der Waals surface area (Å²) in [5, 5.41) is 9.01. The van der Waals surface area contributed by atoms with Crippen LogP contribution in [0.5, 0.6) is 0 Å². The van der Waals surface area contributed by atoms with Crippen LogP contribution in [0.3, 0.4) is 0 Å². The number of carboxylic acid groups (broad SMARTS) is 1. The van der Waals surface area contributed by atoms with E-state index in [0.717, 1.165) is 43.5 Å². The molecule has 1 amide bonds. The molecule has 2 aromatic rings. The molecule has 0 bridgehead atoms. The number of thiophene rings is 1. The highest BCUT2D eigenvalue weighted by Crippen LogP contribution is 2.25. The zero-order valence-corrected chi connectivity index (χ0v) is 16.8. The van der Waals surface area contributed by atoms with Gasteiger partial charge in [0.25, 0.3) is 0 Å². The molecule has 144 valence electrons. The second-order valence-electron chi connectivity index (χ2n) is 7.49. The Bertz CT molecular complexity index is 806. The fourth-order valence-electron chi connectivity index (χ4n) is 4.00. The second-order valence-corrected chi connectivity index (χ2v) is 8.66. The minimum absolute atomic E-state index is 0.272. The standard InChI is InChI=1S/C22H27NO3S/c1-15-12-16(2)14-17(13-15)10-11-23-18(6-9-21(23)24)4-3-5-19-7-8-20(27-19)22(25)26/h7-8,12-14,18H,3-6,9-11H2,1-2H3,(H,25,26)/t18-/m0/s1. The monoisotopic (exact) mass is 385 g/mol. The molecule has 1 atom stereocenters. The number of hydrogen-bond acceptors (Lipinski definition) is 3. The summed E-state index contributed by atoms with van der Waals surface area (Å²) in [5.74, 6) is -0.584. The van der Waals surface area contributed by atoms with E-state index in [-0.39, 0.29) is 5.91 Å². The SMILES string of the molecule is Cc1cc(C)cc(CCN2C(=O)CC[C@@H]2CCCc2ccc(C(=O)O)s2)c1. The van der Waals surface area contributed by atoms with E-state index >= 15 is 0 Å². The van der Waals surface area contributed by atoms with Crippen LogP contribution in [0.1, 0.15) is 56.9 Å². The molecule has 0 radical (unpaired) electrons. The van der Waals surface area contributed by atoms with Crippen LogP contribution in [0.15, 0.2) is 30.3 Å². The number of rotatable bonds is 8. The molecule has 2 heterocycles. The van der Waals surface area contributed by atoms with Crippen LogP contribution in [-0.4, -0.2) is 34.5 Å². The molecular formula is C22H27NO3S. The number of aromatic carboxylic acids is 1. The van der Waals surface area contributed by atoms with Crippen LogP contribution in [0, 0.1) is 13.8 Å². The van der Waals surface area contributed by atoms with Crippen LogP contribution in [0.25, 0.3) is 0 Å². The lowest BCUT2D eigenvalue weighted by Gasteiger charge is -2.25. The molecule has 3 rings (SSSR count). The van der Waals surface area contributed by atoms with Crippen LogP contribution in [0.4, 0.5) is 0 Å². The van der Waals surface area contributed by atoms with Crippen molar-refractivity contribution < 1.29 is 14.7 Å². The van der Waals surface area contributed by atoms with Gasteiger partial charge in [-0.2, -0.15) is 0 Å². The summed E-state index contributed by atoms with van der Waals surface area (Å²) in [5.41, 5.74) is 3.84. The van der Waals surface area contributed by atoms with E-state index in [9.17, 15) is 9.59 Å². The third-order valence-electron chi connectivity index (χ3n) is 5.21. The van der Waals surface area contributed by atoms with Gasteiger partial charge in [0.05, 0.1) is 0 Å². The van der Waals surface area contributed by atoms with E-state index in [1.807, 2.05) is 6.07 Å². The Hall–Kier alpha value is -2.14. The van der Waals surface area contributed by atoms with E-state index in [1.165, 1.54) is 28.0 Å². The van der Waals surface area contributed by atoms with Crippen LogP contribution in [0.2, 0.25) is 0 Å². The van der Waals surface area contributed by atoms with Crippen LogP contribution >= 0.6 is 11.3 Å². The molecule has 1 aromatic carbocycles. The minimum Gasteiger partial charge on any atom is -0.477 e. The van der Waals surface area contributed by atoms with E-state index in [0.29, 0.717) is 17.3 Å². The smallest absolute Gasteiger partial charge is 0.345 e. The number of likely N-dealkylation sites (tertiary alicyclic amines) is 1. The van der Waals surface area contributed by atoms with Crippen LogP contribution < -0.4 is 0 Å². The van der Waals surface area contributed by atoms with Crippen molar-refractivity contribution in [3.05, 3.63) is 56.8 Å². The van der Waals surface area contributed by atoms with Gasteiger partial charge in [-0.1, -0.05) is 29.3 Å². The van der Waals surface area contributed by atoms with E-state index in [2.05, 4.69) is 36.9 Å². The normalized spacial score (nSPS) is 16.9. The number of hydrogen-bond donors (Lipinski definition) is 1. The molecule has 1 N–H and O–H groups in total. The Balaban J connectivity index is 1.51. The highest BCUT2D eigenvalue weighted by atomic mass is 32.1. The van der Waals surface area contributed by atoms with Crippen molar-refractivity contribution in [2.75, 3.05) is 6.54 Å². The van der Waals surface area contributed by atoms with Gasteiger partial charge in [-0.3, -0.25) is 4.79 Å². The van der Waals surface area contributed by atoms with Gasteiger partial charge in [0, 0.05) is 23.9 Å². The fraction of sp³-hybridized carbons (Fsp3) is 0.455. The zero-order valence-electron chi connectivity index (χ0n) is 16.0. The first-order chi connectivity index (χ1) is 12.9. The van der Waals surface area contributed by atoms with Crippen LogP contribution in [-0.2, 0) is 17.6 Å². The molecule has 1 aromatic heterocycles. The molecule has 1 aliphatic rings. The predicted octanol–water partition coefficient (Wildman–Crippen LogP) is 4.62. The maximum Gasteiger partial charge on any atom is 0.345 e. The van der Waals surface area contributed by atoms with Gasteiger partial charge in [-0.25, -0.2) is 4.79 Å². The molecule has 1 fully saturated rings. The van der Waals surface area contributed by atoms with Crippen molar-refractivity contribution in [2.24, 2.45) is 0 Å². The van der Waals surface area contributed by atoms with Crippen molar-refractivity contribution in [3.8, 4) is 0 Å². The van der Waals surface area contributed by atoms with Gasteiger partial charge >= 0.3 is 5.97 Å². The molecule has 1 aliphatic heterocycles. The molecule has 5 heteroatoms. The van der Waals surface area contributed by atoms with Crippen molar-refractivity contribution in [3.63, 3.8) is 0 Å². The first kappa shape index (κ1) is 19.6. The number of amides is 1. The minimum atomic E-state index is -0.856. The van der Waals surface area contributed by atoms with E-state index in [4.69, 9.17) is 5.11 Å². The molecule has 0 aliphatic carbocycles. The Morgan fingerprint density at radius 2 is 1.93 bits per heavy atom. The number of nitrogens with zero attached hydrogens (tertiary/aromatic N) is 1. The number of aryl methyl sites for hydroxylation is 3. The molecule has 4 nitrogen and oxygen atoms in total. The summed E-state index contributed by atoms with van der Waals surface area (Å²) in [6.07, 6.45) is 5.35. The van der Waals surface area contributed by atoms with Gasteiger partial charge in [0.1, 0.15) is 4.88 Å². The lowest BCUT2D eigenvalue weighted by Crippen LogP contribution is -2.34. The van der Waals surface area contributed by atoms with Crippen molar-refractivity contribution in [1.29, 1.82) is 0 Å². The van der Waals surface area contributed by atoms with E-state index < -0.39 is 5.97 Å². The van der Waals surface area contributed by atoms with Gasteiger partial charge in [-0.05, 0) is 63.6 Å². The number of benzene rings is 1. The summed E-state index contributed by atoms with van der Waals surface area (Å²) in [4.78, 5) is 26.9. The summed E-state index contributed by atoms with van der Waals surface area (Å²) >= 11 is 1.35. The average Bonchev–Trinajstić information content (AvgIpc) is 3.20. The number of carbonyl (C=O) groups is 2. The molecular weight excluding hydrogens is 358 g/mol. The largest absolute Gasteiger partial charge is 0.477 e. The molecule has 27 heavy (non-hydrogen) atoms. The Morgan fingerprint density at radius 3 is 2.59 bits per heavy atom. The molecule has 0 unspecified atom stereocenters. The molecule has 0 saturated carbocycles. The Kier molecular flexibility index (Phi) is 6.32. The lowest BCUT2D eigenvalue weighted by molar-refractivity contribution is -0.129. The van der Waals surface area contributed by atoms with Gasteiger partial charge in [0.2, 0.25) is 5.91 Å². The van der Waals surface area contributed by atoms with Gasteiger partial charge in [0.15, 0.2) is 0 Å². The Labute approximate surface area is 164 Å². The van der Waals surface area contributed by atoms with Gasteiger partial charge < -0.3 is 10.0 Å². The third-order valence-corrected chi connectivity index (χ3v) is 6.34. The maximum atomic E-state index is 12.3. The molecule has 0 spiro atoms. The van der Waals surface area contributed by atoms with E-state index in [1.54, 1.807) is 6.07 Å². The number of carboxylic acids is 1. The quantitative estimate of drug-likeness (QED) is 0.721. The zero-order chi connectivity index (χ0) is 19.4.